The number of ether oxygens (including phenoxy) is 1. The number of hydrogen-bond donors (Lipinski definition) is 1. The van der Waals surface area contributed by atoms with Crippen molar-refractivity contribution in [3.63, 3.8) is 0 Å². The Morgan fingerprint density at radius 2 is 1.85 bits per heavy atom. The standard InChI is InChI=1S/C17H28FNO/c1-7-17(5,12-19-16(2,3)4)11-13-9-8-10-14(20-6)15(13)18/h8-10,19H,7,11-12H2,1-6H3. The molecule has 1 aromatic rings. The van der Waals surface area contributed by atoms with E-state index in [2.05, 4.69) is 39.9 Å². The highest BCUT2D eigenvalue weighted by molar-refractivity contribution is 5.31. The molecule has 0 saturated heterocycles. The summed E-state index contributed by atoms with van der Waals surface area (Å²) in [5.74, 6) is 0.0927. The lowest BCUT2D eigenvalue weighted by atomic mass is 9.80. The molecule has 0 heterocycles. The SMILES string of the molecule is CCC(C)(CNC(C)(C)C)Cc1cccc(OC)c1F. The first-order valence-corrected chi connectivity index (χ1v) is 7.27. The fourth-order valence-electron chi connectivity index (χ4n) is 2.10. The number of nitrogens with one attached hydrogen (secondary N) is 1. The molecular weight excluding hydrogens is 253 g/mol. The van der Waals surface area contributed by atoms with E-state index < -0.39 is 0 Å². The minimum Gasteiger partial charge on any atom is -0.494 e. The second kappa shape index (κ2) is 6.57. The van der Waals surface area contributed by atoms with Gasteiger partial charge in [-0.05, 0) is 50.7 Å². The second-order valence-electron chi connectivity index (χ2n) is 6.88. The maximum Gasteiger partial charge on any atom is 0.168 e. The lowest BCUT2D eigenvalue weighted by Crippen LogP contribution is -2.43. The number of rotatable bonds is 6. The monoisotopic (exact) mass is 281 g/mol. The van der Waals surface area contributed by atoms with Crippen molar-refractivity contribution in [1.29, 1.82) is 0 Å². The summed E-state index contributed by atoms with van der Waals surface area (Å²) >= 11 is 0. The van der Waals surface area contributed by atoms with Crippen LogP contribution in [0.15, 0.2) is 18.2 Å². The zero-order chi connectivity index (χ0) is 15.4. The fourth-order valence-corrected chi connectivity index (χ4v) is 2.10. The normalized spacial score (nSPS) is 14.9. The molecule has 0 saturated carbocycles. The molecule has 114 valence electrons. The van der Waals surface area contributed by atoms with E-state index in [1.807, 2.05) is 12.1 Å². The molecule has 1 unspecified atom stereocenters. The number of hydrogen-bond acceptors (Lipinski definition) is 2. The Hall–Kier alpha value is -1.09. The minimum absolute atomic E-state index is 0.0283. The highest BCUT2D eigenvalue weighted by atomic mass is 19.1. The van der Waals surface area contributed by atoms with E-state index >= 15 is 0 Å². The van der Waals surface area contributed by atoms with Crippen LogP contribution in [0.1, 0.15) is 46.6 Å². The summed E-state index contributed by atoms with van der Waals surface area (Å²) in [6, 6.07) is 5.36. The van der Waals surface area contributed by atoms with Crippen LogP contribution in [-0.4, -0.2) is 19.2 Å². The molecule has 0 bridgehead atoms. The van der Waals surface area contributed by atoms with Crippen LogP contribution in [0.25, 0.3) is 0 Å². The molecule has 1 atom stereocenters. The van der Waals surface area contributed by atoms with Crippen LogP contribution in [0.3, 0.4) is 0 Å². The topological polar surface area (TPSA) is 21.3 Å². The van der Waals surface area contributed by atoms with Crippen molar-refractivity contribution >= 4 is 0 Å². The summed E-state index contributed by atoms with van der Waals surface area (Å²) in [4.78, 5) is 0. The quantitative estimate of drug-likeness (QED) is 0.844. The average molecular weight is 281 g/mol. The van der Waals surface area contributed by atoms with Crippen molar-refractivity contribution in [1.82, 2.24) is 5.32 Å². The summed E-state index contributed by atoms with van der Waals surface area (Å²) in [6.07, 6.45) is 1.70. The first-order valence-electron chi connectivity index (χ1n) is 7.27. The van der Waals surface area contributed by atoms with Crippen LogP contribution in [-0.2, 0) is 6.42 Å². The van der Waals surface area contributed by atoms with Crippen molar-refractivity contribution in [3.05, 3.63) is 29.6 Å². The van der Waals surface area contributed by atoms with Crippen molar-refractivity contribution in [2.75, 3.05) is 13.7 Å². The zero-order valence-electron chi connectivity index (χ0n) is 13.6. The van der Waals surface area contributed by atoms with E-state index in [9.17, 15) is 4.39 Å². The highest BCUT2D eigenvalue weighted by Crippen LogP contribution is 2.30. The Labute approximate surface area is 122 Å². The van der Waals surface area contributed by atoms with Crippen LogP contribution < -0.4 is 10.1 Å². The summed E-state index contributed by atoms with van der Waals surface area (Å²) < 4.78 is 19.3. The molecule has 0 aliphatic carbocycles. The summed E-state index contributed by atoms with van der Waals surface area (Å²) in [5.41, 5.74) is 0.827. The molecule has 0 aliphatic heterocycles. The lowest BCUT2D eigenvalue weighted by Gasteiger charge is -2.33. The first kappa shape index (κ1) is 17.0. The van der Waals surface area contributed by atoms with E-state index in [1.54, 1.807) is 6.07 Å². The van der Waals surface area contributed by atoms with Gasteiger partial charge in [0.15, 0.2) is 11.6 Å². The van der Waals surface area contributed by atoms with Crippen LogP contribution in [0.4, 0.5) is 4.39 Å². The van der Waals surface area contributed by atoms with Gasteiger partial charge in [0.05, 0.1) is 7.11 Å². The van der Waals surface area contributed by atoms with Crippen LogP contribution in [0, 0.1) is 11.2 Å². The second-order valence-corrected chi connectivity index (χ2v) is 6.88. The van der Waals surface area contributed by atoms with Crippen molar-refractivity contribution in [2.45, 2.75) is 53.0 Å². The maximum atomic E-state index is 14.3. The van der Waals surface area contributed by atoms with Gasteiger partial charge in [0.1, 0.15) is 0 Å². The van der Waals surface area contributed by atoms with Gasteiger partial charge in [-0.15, -0.1) is 0 Å². The minimum atomic E-state index is -0.231. The van der Waals surface area contributed by atoms with Gasteiger partial charge in [-0.3, -0.25) is 0 Å². The summed E-state index contributed by atoms with van der Waals surface area (Å²) in [6.45, 7) is 11.7. The van der Waals surface area contributed by atoms with E-state index in [0.717, 1.165) is 18.5 Å². The van der Waals surface area contributed by atoms with Gasteiger partial charge in [-0.1, -0.05) is 26.0 Å². The first-order chi connectivity index (χ1) is 9.21. The number of methoxy groups -OCH3 is 1. The van der Waals surface area contributed by atoms with E-state index in [4.69, 9.17) is 4.74 Å². The maximum absolute atomic E-state index is 14.3. The highest BCUT2D eigenvalue weighted by Gasteiger charge is 2.26. The third-order valence-corrected chi connectivity index (χ3v) is 3.78. The molecule has 0 fully saturated rings. The lowest BCUT2D eigenvalue weighted by molar-refractivity contribution is 0.251. The molecule has 1 rings (SSSR count). The predicted molar refractivity (Wildman–Crippen MR) is 82.8 cm³/mol. The number of benzene rings is 1. The van der Waals surface area contributed by atoms with Crippen LogP contribution in [0.2, 0.25) is 0 Å². The molecule has 3 heteroatoms. The van der Waals surface area contributed by atoms with Gasteiger partial charge in [-0.25, -0.2) is 4.39 Å². The van der Waals surface area contributed by atoms with Crippen molar-refractivity contribution in [2.24, 2.45) is 5.41 Å². The van der Waals surface area contributed by atoms with Gasteiger partial charge < -0.3 is 10.1 Å². The third kappa shape index (κ3) is 4.78. The Bertz CT molecular complexity index is 439. The molecule has 1 aromatic carbocycles. The smallest absolute Gasteiger partial charge is 0.168 e. The third-order valence-electron chi connectivity index (χ3n) is 3.78. The van der Waals surface area contributed by atoms with Crippen LogP contribution in [0.5, 0.6) is 5.75 Å². The molecule has 0 radical (unpaired) electrons. The van der Waals surface area contributed by atoms with Gasteiger partial charge in [0.2, 0.25) is 0 Å². The van der Waals surface area contributed by atoms with Crippen molar-refractivity contribution < 1.29 is 9.13 Å². The largest absolute Gasteiger partial charge is 0.494 e. The molecule has 0 spiro atoms. The molecular formula is C17H28FNO. The average Bonchev–Trinajstić information content (AvgIpc) is 2.38. The Morgan fingerprint density at radius 1 is 1.20 bits per heavy atom. The Morgan fingerprint density at radius 3 is 2.35 bits per heavy atom. The summed E-state index contributed by atoms with van der Waals surface area (Å²) in [5, 5.41) is 3.53. The fraction of sp³-hybridized carbons (Fsp3) is 0.647. The molecule has 2 nitrogen and oxygen atoms in total. The zero-order valence-corrected chi connectivity index (χ0v) is 13.6. The van der Waals surface area contributed by atoms with Gasteiger partial charge in [0, 0.05) is 12.1 Å². The Kier molecular flexibility index (Phi) is 5.58. The Balaban J connectivity index is 2.87. The van der Waals surface area contributed by atoms with E-state index in [-0.39, 0.29) is 16.8 Å². The molecule has 0 amide bonds. The van der Waals surface area contributed by atoms with Crippen LogP contribution >= 0.6 is 0 Å². The summed E-state index contributed by atoms with van der Waals surface area (Å²) in [7, 11) is 1.50. The number of halogens is 1. The van der Waals surface area contributed by atoms with Gasteiger partial charge in [0.25, 0.3) is 0 Å². The van der Waals surface area contributed by atoms with E-state index in [1.165, 1.54) is 7.11 Å². The molecule has 20 heavy (non-hydrogen) atoms. The predicted octanol–water partition coefficient (Wildman–Crippen LogP) is 4.18. The van der Waals surface area contributed by atoms with Crippen molar-refractivity contribution in [3.8, 4) is 5.75 Å². The van der Waals surface area contributed by atoms with Gasteiger partial charge in [-0.2, -0.15) is 0 Å². The van der Waals surface area contributed by atoms with E-state index in [0.29, 0.717) is 12.2 Å². The molecule has 0 aromatic heterocycles. The van der Waals surface area contributed by atoms with Gasteiger partial charge >= 0.3 is 0 Å². The molecule has 0 aliphatic rings. The molecule has 1 N–H and O–H groups in total.